The number of carbonyl (C=O) groups is 1. The summed E-state index contributed by atoms with van der Waals surface area (Å²) in [6, 6.07) is 0. The molecule has 8 heteroatoms. The summed E-state index contributed by atoms with van der Waals surface area (Å²) < 4.78 is 1.80. The fourth-order valence-electron chi connectivity index (χ4n) is 3.16. The maximum atomic E-state index is 12.5. The van der Waals surface area contributed by atoms with E-state index < -0.39 is 0 Å². The van der Waals surface area contributed by atoms with Gasteiger partial charge in [0.1, 0.15) is 5.01 Å². The first-order valence-corrected chi connectivity index (χ1v) is 8.97. The second-order valence-corrected chi connectivity index (χ2v) is 7.13. The van der Waals surface area contributed by atoms with Gasteiger partial charge in [-0.1, -0.05) is 30.6 Å². The number of fused-ring (bicyclic) bond motifs is 1. The Morgan fingerprint density at radius 1 is 1.29 bits per heavy atom. The zero-order chi connectivity index (χ0) is 16.5. The summed E-state index contributed by atoms with van der Waals surface area (Å²) >= 11 is 1.46. The van der Waals surface area contributed by atoms with Crippen molar-refractivity contribution in [2.75, 3.05) is 5.32 Å². The Hall–Kier alpha value is -2.35. The zero-order valence-electron chi connectivity index (χ0n) is 13.4. The van der Waals surface area contributed by atoms with Crippen LogP contribution in [0, 0.1) is 6.92 Å². The zero-order valence-corrected chi connectivity index (χ0v) is 14.2. The van der Waals surface area contributed by atoms with Crippen molar-refractivity contribution in [1.82, 2.24) is 24.6 Å². The minimum Gasteiger partial charge on any atom is -0.303 e. The van der Waals surface area contributed by atoms with E-state index in [0.717, 1.165) is 23.5 Å². The number of nitrogens with zero attached hydrogens (tertiary/aromatic N) is 5. The molecule has 0 saturated heterocycles. The van der Waals surface area contributed by atoms with Crippen LogP contribution in [-0.2, 0) is 0 Å². The second kappa shape index (κ2) is 6.27. The lowest BCUT2D eigenvalue weighted by Crippen LogP contribution is -2.15. The highest BCUT2D eigenvalue weighted by Gasteiger charge is 2.21. The molecule has 0 atom stereocenters. The average molecular weight is 342 g/mol. The molecule has 1 N–H and O–H groups in total. The van der Waals surface area contributed by atoms with Gasteiger partial charge in [-0.3, -0.25) is 10.1 Å². The third-order valence-electron chi connectivity index (χ3n) is 4.33. The van der Waals surface area contributed by atoms with Gasteiger partial charge >= 0.3 is 0 Å². The maximum Gasteiger partial charge on any atom is 0.279 e. The predicted molar refractivity (Wildman–Crippen MR) is 91.4 cm³/mol. The SMILES string of the molecule is Cc1cn2ccnc(C(=O)Nc3nnc(C4CCCCC4)s3)c2n1. The lowest BCUT2D eigenvalue weighted by Gasteiger charge is -2.18. The lowest BCUT2D eigenvalue weighted by atomic mass is 9.90. The smallest absolute Gasteiger partial charge is 0.279 e. The van der Waals surface area contributed by atoms with Gasteiger partial charge in [0.25, 0.3) is 5.91 Å². The number of hydrogen-bond donors (Lipinski definition) is 1. The molecule has 1 amide bonds. The number of imidazole rings is 1. The number of nitrogens with one attached hydrogen (secondary N) is 1. The molecular formula is C16H18N6OS. The summed E-state index contributed by atoms with van der Waals surface area (Å²) in [7, 11) is 0. The molecule has 3 aromatic rings. The molecule has 7 nitrogen and oxygen atoms in total. The highest BCUT2D eigenvalue weighted by atomic mass is 32.1. The highest BCUT2D eigenvalue weighted by Crippen LogP contribution is 2.35. The number of carbonyl (C=O) groups excluding carboxylic acids is 1. The molecular weight excluding hydrogens is 324 g/mol. The van der Waals surface area contributed by atoms with Crippen LogP contribution in [-0.4, -0.2) is 30.5 Å². The summed E-state index contributed by atoms with van der Waals surface area (Å²) in [5.41, 5.74) is 1.68. The predicted octanol–water partition coefficient (Wildman–Crippen LogP) is 3.19. The first kappa shape index (κ1) is 15.2. The van der Waals surface area contributed by atoms with Crippen molar-refractivity contribution in [2.45, 2.75) is 44.9 Å². The van der Waals surface area contributed by atoms with Crippen molar-refractivity contribution in [3.63, 3.8) is 0 Å². The topological polar surface area (TPSA) is 85.1 Å². The molecule has 1 aliphatic rings. The van der Waals surface area contributed by atoms with Gasteiger partial charge < -0.3 is 4.40 Å². The van der Waals surface area contributed by atoms with Gasteiger partial charge in [0.05, 0.1) is 5.69 Å². The Bertz CT molecular complexity index is 880. The maximum absolute atomic E-state index is 12.5. The van der Waals surface area contributed by atoms with E-state index >= 15 is 0 Å². The summed E-state index contributed by atoms with van der Waals surface area (Å²) in [5, 5.41) is 12.7. The summed E-state index contributed by atoms with van der Waals surface area (Å²) in [4.78, 5) is 21.1. The largest absolute Gasteiger partial charge is 0.303 e. The molecule has 24 heavy (non-hydrogen) atoms. The Labute approximate surface area is 143 Å². The molecule has 0 aliphatic heterocycles. The van der Waals surface area contributed by atoms with Gasteiger partial charge in [-0.2, -0.15) is 0 Å². The van der Waals surface area contributed by atoms with E-state index in [1.807, 2.05) is 13.1 Å². The van der Waals surface area contributed by atoms with Crippen LogP contribution < -0.4 is 5.32 Å². The summed E-state index contributed by atoms with van der Waals surface area (Å²) in [5.74, 6) is 0.177. The minimum absolute atomic E-state index is 0.292. The molecule has 4 rings (SSSR count). The van der Waals surface area contributed by atoms with Crippen LogP contribution in [0.4, 0.5) is 5.13 Å². The number of hydrogen-bond acceptors (Lipinski definition) is 6. The van der Waals surface area contributed by atoms with E-state index in [1.54, 1.807) is 16.8 Å². The van der Waals surface area contributed by atoms with Gasteiger partial charge in [0.2, 0.25) is 5.13 Å². The molecule has 1 fully saturated rings. The van der Waals surface area contributed by atoms with Crippen LogP contribution in [0.2, 0.25) is 0 Å². The summed E-state index contributed by atoms with van der Waals surface area (Å²) in [6.07, 6.45) is 11.4. The number of rotatable bonds is 3. The fraction of sp³-hybridized carbons (Fsp3) is 0.438. The van der Waals surface area contributed by atoms with E-state index in [0.29, 0.717) is 22.4 Å². The summed E-state index contributed by atoms with van der Waals surface area (Å²) in [6.45, 7) is 1.88. The molecule has 0 spiro atoms. The first-order valence-electron chi connectivity index (χ1n) is 8.16. The normalized spacial score (nSPS) is 15.7. The van der Waals surface area contributed by atoms with E-state index in [4.69, 9.17) is 0 Å². The minimum atomic E-state index is -0.308. The fourth-order valence-corrected chi connectivity index (χ4v) is 4.07. The van der Waals surface area contributed by atoms with Crippen molar-refractivity contribution >= 4 is 28.0 Å². The molecule has 3 aromatic heterocycles. The van der Waals surface area contributed by atoms with Crippen LogP contribution in [0.25, 0.3) is 5.65 Å². The van der Waals surface area contributed by atoms with Crippen molar-refractivity contribution < 1.29 is 4.79 Å². The van der Waals surface area contributed by atoms with Crippen LogP contribution in [0.5, 0.6) is 0 Å². The molecule has 0 aromatic carbocycles. The molecule has 3 heterocycles. The number of anilines is 1. The van der Waals surface area contributed by atoms with E-state index in [9.17, 15) is 4.79 Å². The Morgan fingerprint density at radius 2 is 2.12 bits per heavy atom. The molecule has 0 radical (unpaired) electrons. The van der Waals surface area contributed by atoms with Gasteiger partial charge in [-0.15, -0.1) is 10.2 Å². The third-order valence-corrected chi connectivity index (χ3v) is 5.33. The van der Waals surface area contributed by atoms with Gasteiger partial charge in [-0.25, -0.2) is 9.97 Å². The third kappa shape index (κ3) is 2.89. The number of aryl methyl sites for hydroxylation is 1. The highest BCUT2D eigenvalue weighted by molar-refractivity contribution is 7.15. The van der Waals surface area contributed by atoms with Gasteiger partial charge in [0.15, 0.2) is 11.3 Å². The quantitative estimate of drug-likeness (QED) is 0.790. The molecule has 0 unspecified atom stereocenters. The van der Waals surface area contributed by atoms with E-state index in [2.05, 4.69) is 25.5 Å². The van der Waals surface area contributed by atoms with E-state index in [1.165, 1.54) is 30.6 Å². The van der Waals surface area contributed by atoms with Crippen molar-refractivity contribution in [1.29, 1.82) is 0 Å². The Kier molecular flexibility index (Phi) is 3.97. The average Bonchev–Trinajstić information content (AvgIpc) is 3.20. The molecule has 0 bridgehead atoms. The van der Waals surface area contributed by atoms with E-state index in [-0.39, 0.29) is 5.91 Å². The van der Waals surface area contributed by atoms with Gasteiger partial charge in [0, 0.05) is 24.5 Å². The standard InChI is InChI=1S/C16H18N6OS/c1-10-9-22-8-7-17-12(13(22)18-10)14(23)19-16-21-20-15(24-16)11-5-3-2-4-6-11/h7-9,11H,2-6H2,1H3,(H,19,21,23). The van der Waals surface area contributed by atoms with Gasteiger partial charge in [-0.05, 0) is 19.8 Å². The van der Waals surface area contributed by atoms with Crippen molar-refractivity contribution in [3.05, 3.63) is 35.0 Å². The first-order chi connectivity index (χ1) is 11.7. The Balaban J connectivity index is 1.54. The molecule has 1 aliphatic carbocycles. The van der Waals surface area contributed by atoms with Crippen LogP contribution >= 0.6 is 11.3 Å². The number of aromatic nitrogens is 5. The molecule has 1 saturated carbocycles. The van der Waals surface area contributed by atoms with Crippen LogP contribution in [0.3, 0.4) is 0 Å². The number of amides is 1. The van der Waals surface area contributed by atoms with Crippen LogP contribution in [0.1, 0.15) is 59.2 Å². The second-order valence-electron chi connectivity index (χ2n) is 6.12. The molecule has 124 valence electrons. The van der Waals surface area contributed by atoms with Crippen molar-refractivity contribution in [3.8, 4) is 0 Å². The van der Waals surface area contributed by atoms with Crippen molar-refractivity contribution in [2.24, 2.45) is 0 Å². The lowest BCUT2D eigenvalue weighted by molar-refractivity contribution is 0.102. The van der Waals surface area contributed by atoms with Crippen LogP contribution in [0.15, 0.2) is 18.6 Å². The Morgan fingerprint density at radius 3 is 2.96 bits per heavy atom. The monoisotopic (exact) mass is 342 g/mol.